The fraction of sp³-hybridized carbons (Fsp3) is 0.467. The Hall–Kier alpha value is -1.92. The van der Waals surface area contributed by atoms with E-state index in [1.165, 1.54) is 0 Å². The van der Waals surface area contributed by atoms with Gasteiger partial charge in [-0.1, -0.05) is 0 Å². The monoisotopic (exact) mass is 287 g/mol. The maximum atomic E-state index is 5.76. The Balaban J connectivity index is 1.56. The van der Waals surface area contributed by atoms with E-state index in [2.05, 4.69) is 25.8 Å². The maximum Gasteiger partial charge on any atom is 0.225 e. The van der Waals surface area contributed by atoms with Crippen molar-refractivity contribution < 1.29 is 4.42 Å². The molecule has 0 saturated carbocycles. The van der Waals surface area contributed by atoms with E-state index in [1.807, 2.05) is 13.0 Å². The van der Waals surface area contributed by atoms with Crippen molar-refractivity contribution in [3.63, 3.8) is 0 Å². The highest BCUT2D eigenvalue weighted by Crippen LogP contribution is 2.17. The predicted octanol–water partition coefficient (Wildman–Crippen LogP) is 1.16. The van der Waals surface area contributed by atoms with Gasteiger partial charge in [0.15, 0.2) is 0 Å². The first-order chi connectivity index (χ1) is 10.3. The molecule has 0 unspecified atom stereocenters. The number of hydrogen-bond acceptors (Lipinski definition) is 6. The van der Waals surface area contributed by atoms with Crippen LogP contribution in [-0.2, 0) is 13.1 Å². The van der Waals surface area contributed by atoms with Gasteiger partial charge in [0, 0.05) is 50.7 Å². The van der Waals surface area contributed by atoms with Crippen molar-refractivity contribution in [3.05, 3.63) is 41.6 Å². The molecule has 6 nitrogen and oxygen atoms in total. The van der Waals surface area contributed by atoms with Crippen LogP contribution in [-0.4, -0.2) is 41.0 Å². The molecule has 0 aromatic carbocycles. The summed E-state index contributed by atoms with van der Waals surface area (Å²) in [5, 5.41) is 0. The largest absolute Gasteiger partial charge is 0.465 e. The lowest BCUT2D eigenvalue weighted by Crippen LogP contribution is -2.46. The van der Waals surface area contributed by atoms with Crippen molar-refractivity contribution >= 4 is 5.95 Å². The fourth-order valence-corrected chi connectivity index (χ4v) is 2.65. The summed E-state index contributed by atoms with van der Waals surface area (Å²) in [6.45, 7) is 7.18. The standard InChI is InChI=1S/C15H21N5O/c1-12-13(10-16)9-14(21-12)11-19-5-7-20(8-6-19)15-17-3-2-4-18-15/h2-4,9H,5-8,10-11,16H2,1H3. The summed E-state index contributed by atoms with van der Waals surface area (Å²) in [6.07, 6.45) is 3.57. The summed E-state index contributed by atoms with van der Waals surface area (Å²) in [5.74, 6) is 2.75. The molecule has 112 valence electrons. The highest BCUT2D eigenvalue weighted by molar-refractivity contribution is 5.29. The van der Waals surface area contributed by atoms with Crippen LogP contribution in [0.1, 0.15) is 17.1 Å². The van der Waals surface area contributed by atoms with Crippen LogP contribution < -0.4 is 10.6 Å². The van der Waals surface area contributed by atoms with Gasteiger partial charge >= 0.3 is 0 Å². The number of aryl methyl sites for hydroxylation is 1. The summed E-state index contributed by atoms with van der Waals surface area (Å²) < 4.78 is 5.76. The van der Waals surface area contributed by atoms with Crippen LogP contribution in [0.2, 0.25) is 0 Å². The topological polar surface area (TPSA) is 71.4 Å². The van der Waals surface area contributed by atoms with Crippen LogP contribution in [0, 0.1) is 6.92 Å². The molecule has 2 aromatic heterocycles. The van der Waals surface area contributed by atoms with Gasteiger partial charge in [-0.25, -0.2) is 9.97 Å². The molecular weight excluding hydrogens is 266 g/mol. The number of aromatic nitrogens is 2. The third kappa shape index (κ3) is 3.22. The number of nitrogens with two attached hydrogens (primary N) is 1. The van der Waals surface area contributed by atoms with Crippen molar-refractivity contribution in [2.45, 2.75) is 20.0 Å². The number of rotatable bonds is 4. The molecule has 0 amide bonds. The molecule has 1 aliphatic rings. The van der Waals surface area contributed by atoms with E-state index >= 15 is 0 Å². The lowest BCUT2D eigenvalue weighted by atomic mass is 10.2. The molecule has 1 saturated heterocycles. The highest BCUT2D eigenvalue weighted by Gasteiger charge is 2.20. The van der Waals surface area contributed by atoms with Crippen LogP contribution in [0.5, 0.6) is 0 Å². The minimum Gasteiger partial charge on any atom is -0.465 e. The second-order valence-electron chi connectivity index (χ2n) is 5.31. The van der Waals surface area contributed by atoms with E-state index in [1.54, 1.807) is 12.4 Å². The Morgan fingerprint density at radius 3 is 2.52 bits per heavy atom. The van der Waals surface area contributed by atoms with Gasteiger partial charge in [-0.15, -0.1) is 0 Å². The molecule has 3 heterocycles. The molecule has 2 N–H and O–H groups in total. The Labute approximate surface area is 124 Å². The molecule has 6 heteroatoms. The van der Waals surface area contributed by atoms with Gasteiger partial charge < -0.3 is 15.1 Å². The number of hydrogen-bond donors (Lipinski definition) is 1. The third-order valence-corrected chi connectivity index (χ3v) is 3.88. The number of piperazine rings is 1. The minimum atomic E-state index is 0.536. The maximum absolute atomic E-state index is 5.76. The Morgan fingerprint density at radius 1 is 1.19 bits per heavy atom. The summed E-state index contributed by atoms with van der Waals surface area (Å²) in [6, 6.07) is 3.91. The molecule has 0 radical (unpaired) electrons. The third-order valence-electron chi connectivity index (χ3n) is 3.88. The Morgan fingerprint density at radius 2 is 1.90 bits per heavy atom. The molecule has 0 aliphatic carbocycles. The van der Waals surface area contributed by atoms with E-state index < -0.39 is 0 Å². The van der Waals surface area contributed by atoms with Crippen LogP contribution in [0.4, 0.5) is 5.95 Å². The summed E-state index contributed by atoms with van der Waals surface area (Å²) in [7, 11) is 0. The first-order valence-corrected chi connectivity index (χ1v) is 7.29. The normalized spacial score (nSPS) is 16.4. The average molecular weight is 287 g/mol. The molecule has 1 aliphatic heterocycles. The van der Waals surface area contributed by atoms with E-state index in [0.717, 1.165) is 55.8 Å². The second-order valence-corrected chi connectivity index (χ2v) is 5.31. The molecule has 0 spiro atoms. The Bertz CT molecular complexity index is 575. The van der Waals surface area contributed by atoms with Crippen LogP contribution in [0.15, 0.2) is 28.9 Å². The Kier molecular flexibility index (Phi) is 4.17. The van der Waals surface area contributed by atoms with E-state index in [4.69, 9.17) is 10.2 Å². The lowest BCUT2D eigenvalue weighted by molar-refractivity contribution is 0.228. The van der Waals surface area contributed by atoms with Gasteiger partial charge in [0.2, 0.25) is 5.95 Å². The number of nitrogens with zero attached hydrogens (tertiary/aromatic N) is 4. The van der Waals surface area contributed by atoms with Crippen LogP contribution >= 0.6 is 0 Å². The quantitative estimate of drug-likeness (QED) is 0.910. The van der Waals surface area contributed by atoms with Gasteiger partial charge in [0.25, 0.3) is 0 Å². The minimum absolute atomic E-state index is 0.536. The summed E-state index contributed by atoms with van der Waals surface area (Å²) >= 11 is 0. The van der Waals surface area contributed by atoms with Crippen LogP contribution in [0.3, 0.4) is 0 Å². The zero-order valence-electron chi connectivity index (χ0n) is 12.3. The predicted molar refractivity (Wildman–Crippen MR) is 80.9 cm³/mol. The van der Waals surface area contributed by atoms with Crippen molar-refractivity contribution in [1.82, 2.24) is 14.9 Å². The van der Waals surface area contributed by atoms with Crippen molar-refractivity contribution in [2.75, 3.05) is 31.1 Å². The molecule has 2 aromatic rings. The zero-order valence-corrected chi connectivity index (χ0v) is 12.3. The summed E-state index contributed by atoms with van der Waals surface area (Å²) in [4.78, 5) is 13.2. The summed E-state index contributed by atoms with van der Waals surface area (Å²) in [5.41, 5.74) is 6.78. The highest BCUT2D eigenvalue weighted by atomic mass is 16.3. The van der Waals surface area contributed by atoms with Crippen molar-refractivity contribution in [1.29, 1.82) is 0 Å². The van der Waals surface area contributed by atoms with E-state index in [9.17, 15) is 0 Å². The molecule has 21 heavy (non-hydrogen) atoms. The number of furan rings is 1. The SMILES string of the molecule is Cc1oc(CN2CCN(c3ncccn3)CC2)cc1CN. The molecule has 1 fully saturated rings. The van der Waals surface area contributed by atoms with Gasteiger partial charge in [0.05, 0.1) is 6.54 Å². The van der Waals surface area contributed by atoms with Gasteiger partial charge in [-0.2, -0.15) is 0 Å². The molecule has 0 bridgehead atoms. The zero-order chi connectivity index (χ0) is 14.7. The smallest absolute Gasteiger partial charge is 0.225 e. The average Bonchev–Trinajstić information content (AvgIpc) is 2.88. The molecular formula is C15H21N5O. The van der Waals surface area contributed by atoms with E-state index in [0.29, 0.717) is 6.54 Å². The lowest BCUT2D eigenvalue weighted by Gasteiger charge is -2.34. The van der Waals surface area contributed by atoms with Crippen molar-refractivity contribution in [2.24, 2.45) is 5.73 Å². The van der Waals surface area contributed by atoms with E-state index in [-0.39, 0.29) is 0 Å². The first-order valence-electron chi connectivity index (χ1n) is 7.29. The number of anilines is 1. The second kappa shape index (κ2) is 6.24. The van der Waals surface area contributed by atoms with Crippen molar-refractivity contribution in [3.8, 4) is 0 Å². The van der Waals surface area contributed by atoms with Gasteiger partial charge in [0.1, 0.15) is 11.5 Å². The van der Waals surface area contributed by atoms with Gasteiger partial charge in [-0.05, 0) is 19.1 Å². The first kappa shape index (κ1) is 14.0. The fourth-order valence-electron chi connectivity index (χ4n) is 2.65. The molecule has 3 rings (SSSR count). The van der Waals surface area contributed by atoms with Crippen LogP contribution in [0.25, 0.3) is 0 Å². The van der Waals surface area contributed by atoms with Gasteiger partial charge in [-0.3, -0.25) is 4.90 Å². The molecule has 0 atom stereocenters.